The van der Waals surface area contributed by atoms with Gasteiger partial charge in [0.25, 0.3) is 0 Å². The van der Waals surface area contributed by atoms with Crippen LogP contribution in [0.2, 0.25) is 0 Å². The third-order valence-electron chi connectivity index (χ3n) is 13.9. The Morgan fingerprint density at radius 3 is 0.850 bits per heavy atom. The standard InChI is InChI=1S/C61H118O17P2/c1-8-9-10-11-12-13-20-28-35-42-58(63)71-49-57(78-61(66)45-38-31-24-23-27-34-41-54(6)7)51-76-80(69,70)74-47-55(62)46-73-79(67,68)75-50-56(77-60(65)44-37-30-22-17-15-19-26-33-40-53(4)5)48-72-59(64)43-36-29-21-16-14-18-25-32-39-52(2)3/h52-57,62H,8-51H2,1-7H3,(H,67,68)(H,69,70)/t55-,56-,57-/m1/s1. The highest BCUT2D eigenvalue weighted by molar-refractivity contribution is 7.47. The van der Waals surface area contributed by atoms with E-state index in [-0.39, 0.29) is 25.7 Å². The molecule has 0 aliphatic heterocycles. The van der Waals surface area contributed by atoms with E-state index >= 15 is 0 Å². The first kappa shape index (κ1) is 78.1. The molecular formula is C61H118O17P2. The van der Waals surface area contributed by atoms with Crippen molar-refractivity contribution in [2.45, 2.75) is 311 Å². The van der Waals surface area contributed by atoms with Crippen molar-refractivity contribution in [2.75, 3.05) is 39.6 Å². The van der Waals surface area contributed by atoms with Gasteiger partial charge in [-0.2, -0.15) is 0 Å². The summed E-state index contributed by atoms with van der Waals surface area (Å²) in [5.74, 6) is -0.0326. The Balaban J connectivity index is 5.24. The van der Waals surface area contributed by atoms with Gasteiger partial charge in [-0.15, -0.1) is 0 Å². The van der Waals surface area contributed by atoms with Gasteiger partial charge in [-0.25, -0.2) is 9.13 Å². The summed E-state index contributed by atoms with van der Waals surface area (Å²) in [5.41, 5.74) is 0. The molecule has 5 atom stereocenters. The number of aliphatic hydroxyl groups excluding tert-OH is 1. The number of unbranched alkanes of at least 4 members (excludes halogenated alkanes) is 27. The minimum atomic E-state index is -4.94. The second-order valence-electron chi connectivity index (χ2n) is 23.5. The largest absolute Gasteiger partial charge is 0.472 e. The number of hydrogen-bond donors (Lipinski definition) is 3. The Hall–Kier alpha value is -1.94. The van der Waals surface area contributed by atoms with Gasteiger partial charge in [-0.1, -0.05) is 241 Å². The van der Waals surface area contributed by atoms with Crippen LogP contribution in [0.5, 0.6) is 0 Å². The summed E-state index contributed by atoms with van der Waals surface area (Å²) in [6.07, 6.45) is 32.3. The molecular weight excluding hydrogens is 1070 g/mol. The summed E-state index contributed by atoms with van der Waals surface area (Å²) >= 11 is 0. The van der Waals surface area contributed by atoms with Crippen LogP contribution in [0.1, 0.15) is 292 Å². The number of carbonyl (C=O) groups excluding carboxylic acids is 4. The zero-order valence-electron chi connectivity index (χ0n) is 51.5. The molecule has 0 saturated heterocycles. The molecule has 3 N–H and O–H groups in total. The normalized spacial score (nSPS) is 14.5. The molecule has 0 spiro atoms. The molecule has 0 saturated carbocycles. The van der Waals surface area contributed by atoms with Crippen LogP contribution in [0.15, 0.2) is 0 Å². The lowest BCUT2D eigenvalue weighted by atomic mass is 10.0. The van der Waals surface area contributed by atoms with E-state index < -0.39 is 97.5 Å². The lowest BCUT2D eigenvalue weighted by molar-refractivity contribution is -0.161. The number of rotatable bonds is 59. The molecule has 0 heterocycles. The predicted octanol–water partition coefficient (Wildman–Crippen LogP) is 16.3. The maximum absolute atomic E-state index is 12.9. The maximum atomic E-state index is 12.9. The predicted molar refractivity (Wildman–Crippen MR) is 317 cm³/mol. The topological polar surface area (TPSA) is 237 Å². The lowest BCUT2D eigenvalue weighted by Gasteiger charge is -2.21. The molecule has 0 aromatic heterocycles. The Labute approximate surface area is 486 Å². The van der Waals surface area contributed by atoms with Crippen LogP contribution in [0, 0.1) is 17.8 Å². The fourth-order valence-corrected chi connectivity index (χ4v) is 10.5. The summed E-state index contributed by atoms with van der Waals surface area (Å²) in [7, 11) is -9.88. The zero-order chi connectivity index (χ0) is 59.5. The van der Waals surface area contributed by atoms with Gasteiger partial charge in [-0.05, 0) is 43.4 Å². The Morgan fingerprint density at radius 2 is 0.575 bits per heavy atom. The summed E-state index contributed by atoms with van der Waals surface area (Å²) in [6, 6.07) is 0. The van der Waals surface area contributed by atoms with E-state index in [4.69, 9.17) is 37.0 Å². The molecule has 80 heavy (non-hydrogen) atoms. The molecule has 19 heteroatoms. The van der Waals surface area contributed by atoms with Crippen molar-refractivity contribution in [1.29, 1.82) is 0 Å². The zero-order valence-corrected chi connectivity index (χ0v) is 53.3. The van der Waals surface area contributed by atoms with Crippen LogP contribution in [0.25, 0.3) is 0 Å². The second kappa shape index (κ2) is 52.6. The molecule has 0 bridgehead atoms. The fourth-order valence-electron chi connectivity index (χ4n) is 8.95. The van der Waals surface area contributed by atoms with Gasteiger partial charge in [0.1, 0.15) is 19.3 Å². The van der Waals surface area contributed by atoms with Crippen molar-refractivity contribution in [2.24, 2.45) is 17.8 Å². The van der Waals surface area contributed by atoms with Gasteiger partial charge in [0, 0.05) is 25.7 Å². The van der Waals surface area contributed by atoms with Crippen molar-refractivity contribution < 1.29 is 80.2 Å². The average Bonchev–Trinajstić information content (AvgIpc) is 3.40. The number of carbonyl (C=O) groups is 4. The molecule has 0 radical (unpaired) electrons. The number of ether oxygens (including phenoxy) is 4. The SMILES string of the molecule is CCCCCCCCCCCC(=O)OC[C@H](COP(=O)(O)OC[C@H](O)COP(=O)(O)OC[C@@H](COC(=O)CCCCCCCCCCC(C)C)OC(=O)CCCCCCCCCCC(C)C)OC(=O)CCCCCCCCC(C)C. The molecule has 17 nitrogen and oxygen atoms in total. The Kier molecular flexibility index (Phi) is 51.3. The van der Waals surface area contributed by atoms with Gasteiger partial charge >= 0.3 is 39.5 Å². The summed E-state index contributed by atoms with van der Waals surface area (Å²) in [5, 5.41) is 10.5. The highest BCUT2D eigenvalue weighted by Gasteiger charge is 2.30. The summed E-state index contributed by atoms with van der Waals surface area (Å²) in [6.45, 7) is 11.6. The quantitative estimate of drug-likeness (QED) is 0.0222. The minimum absolute atomic E-state index is 0.101. The summed E-state index contributed by atoms with van der Waals surface area (Å²) in [4.78, 5) is 72.0. The number of phosphoric ester groups is 2. The number of aliphatic hydroxyl groups is 1. The molecule has 474 valence electrons. The van der Waals surface area contributed by atoms with E-state index in [0.29, 0.717) is 31.6 Å². The Morgan fingerprint density at radius 1 is 0.338 bits per heavy atom. The van der Waals surface area contributed by atoms with E-state index in [1.807, 2.05) is 0 Å². The average molecular weight is 1190 g/mol. The van der Waals surface area contributed by atoms with Crippen LogP contribution in [0.3, 0.4) is 0 Å². The third kappa shape index (κ3) is 55.3. The van der Waals surface area contributed by atoms with E-state index in [0.717, 1.165) is 102 Å². The number of phosphoric acid groups is 2. The van der Waals surface area contributed by atoms with Crippen LogP contribution in [0.4, 0.5) is 0 Å². The van der Waals surface area contributed by atoms with Crippen LogP contribution in [-0.4, -0.2) is 96.7 Å². The van der Waals surface area contributed by atoms with E-state index in [1.165, 1.54) is 103 Å². The van der Waals surface area contributed by atoms with Crippen molar-refractivity contribution >= 4 is 39.5 Å². The van der Waals surface area contributed by atoms with Crippen LogP contribution < -0.4 is 0 Å². The Bertz CT molecular complexity index is 1600. The number of esters is 4. The smallest absolute Gasteiger partial charge is 0.462 e. The van der Waals surface area contributed by atoms with Crippen molar-refractivity contribution in [3.8, 4) is 0 Å². The molecule has 0 fully saturated rings. The number of hydrogen-bond acceptors (Lipinski definition) is 15. The molecule has 0 aromatic carbocycles. The first-order chi connectivity index (χ1) is 38.2. The van der Waals surface area contributed by atoms with Gasteiger partial charge in [0.05, 0.1) is 26.4 Å². The van der Waals surface area contributed by atoms with E-state index in [1.54, 1.807) is 0 Å². The van der Waals surface area contributed by atoms with Crippen LogP contribution in [-0.2, 0) is 65.4 Å². The molecule has 0 rings (SSSR count). The van der Waals surface area contributed by atoms with Crippen molar-refractivity contribution in [3.05, 3.63) is 0 Å². The lowest BCUT2D eigenvalue weighted by Crippen LogP contribution is -2.30. The van der Waals surface area contributed by atoms with E-state index in [9.17, 15) is 43.2 Å². The van der Waals surface area contributed by atoms with E-state index in [2.05, 4.69) is 48.5 Å². The molecule has 0 aliphatic carbocycles. The fraction of sp³-hybridized carbons (Fsp3) is 0.934. The summed E-state index contributed by atoms with van der Waals surface area (Å²) < 4.78 is 67.8. The highest BCUT2D eigenvalue weighted by Crippen LogP contribution is 2.45. The van der Waals surface area contributed by atoms with Crippen molar-refractivity contribution in [1.82, 2.24) is 0 Å². The van der Waals surface area contributed by atoms with Crippen molar-refractivity contribution in [3.63, 3.8) is 0 Å². The highest BCUT2D eigenvalue weighted by atomic mass is 31.2. The molecule has 0 aliphatic rings. The monoisotopic (exact) mass is 1180 g/mol. The van der Waals surface area contributed by atoms with Gasteiger partial charge in [0.15, 0.2) is 12.2 Å². The molecule has 0 amide bonds. The van der Waals surface area contributed by atoms with Gasteiger partial charge < -0.3 is 33.8 Å². The molecule has 0 aromatic rings. The minimum Gasteiger partial charge on any atom is -0.462 e. The van der Waals surface area contributed by atoms with Gasteiger partial charge in [0.2, 0.25) is 0 Å². The maximum Gasteiger partial charge on any atom is 0.472 e. The first-order valence-electron chi connectivity index (χ1n) is 31.8. The first-order valence-corrected chi connectivity index (χ1v) is 34.8. The second-order valence-corrected chi connectivity index (χ2v) is 26.4. The third-order valence-corrected chi connectivity index (χ3v) is 15.8. The van der Waals surface area contributed by atoms with Crippen LogP contribution >= 0.6 is 15.6 Å². The molecule has 2 unspecified atom stereocenters. The van der Waals surface area contributed by atoms with Gasteiger partial charge in [-0.3, -0.25) is 37.3 Å².